The van der Waals surface area contributed by atoms with E-state index in [-0.39, 0.29) is 26.0 Å². The second kappa shape index (κ2) is 17.4. The number of carbonyl (C=O) groups is 4. The number of carboxylic acid groups (broad SMARTS) is 1. The van der Waals surface area contributed by atoms with Crippen LogP contribution in [-0.4, -0.2) is 59.4 Å². The number of nitrogens with two attached hydrogens (primary N) is 1. The van der Waals surface area contributed by atoms with Gasteiger partial charge in [0.1, 0.15) is 18.7 Å². The zero-order valence-corrected chi connectivity index (χ0v) is 22.1. The first-order valence-electron chi connectivity index (χ1n) is 12.9. The van der Waals surface area contributed by atoms with Crippen molar-refractivity contribution in [1.82, 2.24) is 26.4 Å². The van der Waals surface area contributed by atoms with Gasteiger partial charge in [-0.15, -0.1) is 0 Å². The monoisotopic (exact) mass is 546 g/mol. The Kier molecular flexibility index (Phi) is 13.9. The molecular formula is C26H38N6O7. The summed E-state index contributed by atoms with van der Waals surface area (Å²) in [6.45, 7) is 2.72. The fraction of sp³-hybridized carbons (Fsp3) is 0.500. The average molecular weight is 547 g/mol. The van der Waals surface area contributed by atoms with Gasteiger partial charge in [0.15, 0.2) is 5.76 Å². The summed E-state index contributed by atoms with van der Waals surface area (Å²) < 4.78 is 10.3. The minimum atomic E-state index is -1.17. The van der Waals surface area contributed by atoms with Crippen molar-refractivity contribution in [3.05, 3.63) is 53.4 Å². The summed E-state index contributed by atoms with van der Waals surface area (Å²) in [6.07, 6.45) is 2.08. The van der Waals surface area contributed by atoms with Crippen LogP contribution in [0.4, 0.5) is 9.59 Å². The largest absolute Gasteiger partial charge is 0.480 e. The number of amides is 4. The first-order valence-corrected chi connectivity index (χ1v) is 12.9. The molecule has 1 aromatic carbocycles. The Labute approximate surface area is 227 Å². The van der Waals surface area contributed by atoms with Gasteiger partial charge in [0.2, 0.25) is 5.91 Å². The molecule has 0 aliphatic rings. The minimum Gasteiger partial charge on any atom is -0.480 e. The number of hydrogen-bond acceptors (Lipinski definition) is 8. The Morgan fingerprint density at radius 3 is 2.36 bits per heavy atom. The summed E-state index contributed by atoms with van der Waals surface area (Å²) in [5, 5.41) is 23.5. The van der Waals surface area contributed by atoms with Crippen LogP contribution in [0.3, 0.4) is 0 Å². The average Bonchev–Trinajstić information content (AvgIpc) is 3.34. The Hall–Kier alpha value is -4.13. The molecule has 7 N–H and O–H groups in total. The van der Waals surface area contributed by atoms with E-state index < -0.39 is 36.1 Å². The van der Waals surface area contributed by atoms with Crippen LogP contribution in [0.15, 0.2) is 40.9 Å². The van der Waals surface area contributed by atoms with Crippen LogP contribution >= 0.6 is 0 Å². The molecule has 2 atom stereocenters. The van der Waals surface area contributed by atoms with Gasteiger partial charge in [0.05, 0.1) is 12.2 Å². The fourth-order valence-corrected chi connectivity index (χ4v) is 3.61. The summed E-state index contributed by atoms with van der Waals surface area (Å²) in [7, 11) is 0. The minimum absolute atomic E-state index is 0.0745. The van der Waals surface area contributed by atoms with Crippen LogP contribution in [-0.2, 0) is 27.5 Å². The maximum atomic E-state index is 12.8. The Bertz CT molecular complexity index is 1050. The van der Waals surface area contributed by atoms with Crippen LogP contribution in [0.1, 0.15) is 55.5 Å². The maximum Gasteiger partial charge on any atom is 0.407 e. The summed E-state index contributed by atoms with van der Waals surface area (Å²) in [5.41, 5.74) is 6.99. The molecule has 2 rings (SSSR count). The fourth-order valence-electron chi connectivity index (χ4n) is 3.61. The molecule has 1 aromatic heterocycles. The van der Waals surface area contributed by atoms with E-state index in [4.69, 9.17) is 15.0 Å². The summed E-state index contributed by atoms with van der Waals surface area (Å²) in [5.74, 6) is -1.19. The van der Waals surface area contributed by atoms with Crippen LogP contribution < -0.4 is 27.0 Å². The molecule has 0 saturated heterocycles. The number of urea groups is 1. The van der Waals surface area contributed by atoms with E-state index in [9.17, 15) is 24.3 Å². The van der Waals surface area contributed by atoms with Crippen molar-refractivity contribution in [2.75, 3.05) is 13.1 Å². The van der Waals surface area contributed by atoms with E-state index >= 15 is 0 Å². The van der Waals surface area contributed by atoms with Crippen molar-refractivity contribution < 1.29 is 33.5 Å². The van der Waals surface area contributed by atoms with Crippen molar-refractivity contribution in [2.24, 2.45) is 5.73 Å². The number of nitrogens with zero attached hydrogens (tertiary/aromatic N) is 1. The standard InChI is InChI=1S/C26H38N6O7/c1-18-15-20(39-32-18)16-29-23(33)21(30-25(36)31-22(24(34)35)12-5-7-13-27)11-6-8-14-28-26(37)38-17-19-9-3-2-4-10-19/h2-4,9-10,15,21-22H,5-8,11-14,16-17,27H2,1H3,(H,28,37)(H,29,33)(H,34,35)(H2,30,31,36)/t21-,22+/m1/s1. The highest BCUT2D eigenvalue weighted by atomic mass is 16.5. The van der Waals surface area contributed by atoms with Gasteiger partial charge in [-0.1, -0.05) is 35.5 Å². The highest BCUT2D eigenvalue weighted by Crippen LogP contribution is 2.06. The second-order valence-electron chi connectivity index (χ2n) is 8.98. The number of hydrogen-bond donors (Lipinski definition) is 6. The molecule has 13 nitrogen and oxygen atoms in total. The molecule has 1 heterocycles. The van der Waals surface area contributed by atoms with Crippen molar-refractivity contribution >= 4 is 24.0 Å². The summed E-state index contributed by atoms with van der Waals surface area (Å²) >= 11 is 0. The predicted molar refractivity (Wildman–Crippen MR) is 141 cm³/mol. The molecule has 0 saturated carbocycles. The van der Waals surface area contributed by atoms with Gasteiger partial charge in [0, 0.05) is 12.6 Å². The molecule has 0 unspecified atom stereocenters. The molecule has 0 bridgehead atoms. The van der Waals surface area contributed by atoms with Gasteiger partial charge in [-0.2, -0.15) is 0 Å². The van der Waals surface area contributed by atoms with Crippen LogP contribution in [0, 0.1) is 6.92 Å². The highest BCUT2D eigenvalue weighted by molar-refractivity contribution is 5.88. The highest BCUT2D eigenvalue weighted by Gasteiger charge is 2.24. The van der Waals surface area contributed by atoms with Gasteiger partial charge in [-0.25, -0.2) is 14.4 Å². The molecular weight excluding hydrogens is 508 g/mol. The number of carbonyl (C=O) groups excluding carboxylic acids is 3. The van der Waals surface area contributed by atoms with Crippen molar-refractivity contribution in [2.45, 2.75) is 70.7 Å². The Morgan fingerprint density at radius 1 is 1.00 bits per heavy atom. The van der Waals surface area contributed by atoms with Crippen molar-refractivity contribution in [3.8, 4) is 0 Å². The SMILES string of the molecule is Cc1cc(CNC(=O)[C@@H](CCCCNC(=O)OCc2ccccc2)NC(=O)N[C@@H](CCCCN)C(=O)O)on1. The zero-order valence-electron chi connectivity index (χ0n) is 22.1. The van der Waals surface area contributed by atoms with Gasteiger partial charge in [-0.05, 0) is 57.6 Å². The number of alkyl carbamates (subject to hydrolysis) is 1. The van der Waals surface area contributed by atoms with E-state index in [1.54, 1.807) is 13.0 Å². The Balaban J connectivity index is 1.83. The lowest BCUT2D eigenvalue weighted by Crippen LogP contribution is -2.53. The number of carboxylic acids is 1. The number of aryl methyl sites for hydroxylation is 1. The molecule has 0 aliphatic carbocycles. The van der Waals surface area contributed by atoms with Gasteiger partial charge < -0.3 is 41.4 Å². The molecule has 4 amide bonds. The van der Waals surface area contributed by atoms with E-state index in [1.807, 2.05) is 30.3 Å². The molecule has 0 aliphatic heterocycles. The number of aliphatic carboxylic acids is 1. The number of unbranched alkanes of at least 4 members (excludes halogenated alkanes) is 2. The van der Waals surface area contributed by atoms with Crippen LogP contribution in [0.25, 0.3) is 0 Å². The van der Waals surface area contributed by atoms with E-state index in [2.05, 4.69) is 26.4 Å². The predicted octanol–water partition coefficient (Wildman–Crippen LogP) is 1.95. The first-order chi connectivity index (χ1) is 18.8. The molecule has 0 radical (unpaired) electrons. The van der Waals surface area contributed by atoms with Crippen molar-refractivity contribution in [3.63, 3.8) is 0 Å². The quantitative estimate of drug-likeness (QED) is 0.161. The third-order valence-electron chi connectivity index (χ3n) is 5.69. The molecule has 0 fully saturated rings. The molecule has 13 heteroatoms. The molecule has 39 heavy (non-hydrogen) atoms. The van der Waals surface area contributed by atoms with Crippen LogP contribution in [0.2, 0.25) is 0 Å². The van der Waals surface area contributed by atoms with Gasteiger partial charge in [-0.3, -0.25) is 4.79 Å². The maximum absolute atomic E-state index is 12.8. The molecule has 214 valence electrons. The van der Waals surface area contributed by atoms with Gasteiger partial charge in [0.25, 0.3) is 0 Å². The first kappa shape index (κ1) is 31.1. The van der Waals surface area contributed by atoms with E-state index in [1.165, 1.54) is 0 Å². The molecule has 0 spiro atoms. The van der Waals surface area contributed by atoms with Gasteiger partial charge >= 0.3 is 18.1 Å². The molecule has 2 aromatic rings. The Morgan fingerprint density at radius 2 is 1.69 bits per heavy atom. The zero-order chi connectivity index (χ0) is 28.5. The van der Waals surface area contributed by atoms with E-state index in [0.29, 0.717) is 50.2 Å². The lowest BCUT2D eigenvalue weighted by Gasteiger charge is -2.21. The summed E-state index contributed by atoms with van der Waals surface area (Å²) in [6, 6.07) is 8.14. The smallest absolute Gasteiger partial charge is 0.407 e. The third-order valence-corrected chi connectivity index (χ3v) is 5.69. The van der Waals surface area contributed by atoms with Crippen molar-refractivity contribution in [1.29, 1.82) is 0 Å². The van der Waals surface area contributed by atoms with E-state index in [0.717, 1.165) is 5.56 Å². The topological polar surface area (TPSA) is 198 Å². The number of aromatic nitrogens is 1. The number of ether oxygens (including phenoxy) is 1. The number of rotatable bonds is 17. The lowest BCUT2D eigenvalue weighted by atomic mass is 10.1. The number of benzene rings is 1. The summed E-state index contributed by atoms with van der Waals surface area (Å²) in [4.78, 5) is 48.8. The second-order valence-corrected chi connectivity index (χ2v) is 8.98. The number of nitrogens with one attached hydrogen (secondary N) is 4. The normalized spacial score (nSPS) is 12.2. The van der Waals surface area contributed by atoms with Crippen LogP contribution in [0.5, 0.6) is 0 Å². The third kappa shape index (κ3) is 12.8. The lowest BCUT2D eigenvalue weighted by molar-refractivity contribution is -0.139.